The normalized spacial score (nSPS) is 22.9. The van der Waals surface area contributed by atoms with Gasteiger partial charge in [-0.2, -0.15) is 0 Å². The molecule has 0 aromatic heterocycles. The fourth-order valence-corrected chi connectivity index (χ4v) is 1.49. The molecule has 0 N–H and O–H groups in total. The summed E-state index contributed by atoms with van der Waals surface area (Å²) in [6, 6.07) is 8.27. The smallest absolute Gasteiger partial charge is 0.0620 e. The monoisotopic (exact) mass is 159 g/mol. The molecule has 10 heavy (non-hydrogen) atoms. The fraction of sp³-hybridized carbons (Fsp3) is 0.333. The molecule has 0 amide bonds. The van der Waals surface area contributed by atoms with Crippen LogP contribution in [0.1, 0.15) is 8.22 Å². The number of hydrogen-bond acceptors (Lipinski definition) is 0. The molecule has 0 aliphatic rings. The van der Waals surface area contributed by atoms with Crippen molar-refractivity contribution in [3.8, 4) is 0 Å². The molecule has 0 fully saturated rings. The zero-order valence-corrected chi connectivity index (χ0v) is 6.73. The molecule has 0 nitrogen and oxygen atoms in total. The highest BCUT2D eigenvalue weighted by Gasteiger charge is 2.19. The van der Waals surface area contributed by atoms with E-state index in [1.807, 2.05) is 0 Å². The van der Waals surface area contributed by atoms with Crippen LogP contribution in [0.4, 0.5) is 0 Å². The van der Waals surface area contributed by atoms with Crippen molar-refractivity contribution in [2.24, 2.45) is 0 Å². The van der Waals surface area contributed by atoms with Crippen molar-refractivity contribution in [3.63, 3.8) is 0 Å². The van der Waals surface area contributed by atoms with Crippen LogP contribution < -0.4 is 5.30 Å². The van der Waals surface area contributed by atoms with Gasteiger partial charge in [-0.25, -0.2) is 0 Å². The largest absolute Gasteiger partial charge is 0.0930 e. The maximum absolute atomic E-state index is 7.50. The summed E-state index contributed by atoms with van der Waals surface area (Å²) >= 11 is 0. The summed E-state index contributed by atoms with van der Waals surface area (Å²) in [5.41, 5.74) is 0. The predicted molar refractivity (Wildman–Crippen MR) is 50.8 cm³/mol. The highest BCUT2D eigenvalue weighted by atomic mass is 31.2. The highest BCUT2D eigenvalue weighted by molar-refractivity contribution is 7.80. The van der Waals surface area contributed by atoms with Gasteiger partial charge in [-0.1, -0.05) is 18.2 Å². The van der Waals surface area contributed by atoms with Crippen LogP contribution >= 0.6 is 7.26 Å². The van der Waals surface area contributed by atoms with Crippen molar-refractivity contribution in [1.82, 2.24) is 0 Å². The highest BCUT2D eigenvalue weighted by Crippen LogP contribution is 2.44. The molecule has 0 saturated heterocycles. The van der Waals surface area contributed by atoms with Gasteiger partial charge in [0.1, 0.15) is 0 Å². The molecule has 0 unspecified atom stereocenters. The van der Waals surface area contributed by atoms with E-state index in [-0.39, 0.29) is 0 Å². The molecule has 0 aliphatic carbocycles. The minimum absolute atomic E-state index is 0.426. The van der Waals surface area contributed by atoms with Crippen molar-refractivity contribution in [1.29, 1.82) is 0 Å². The van der Waals surface area contributed by atoms with E-state index in [2.05, 4.69) is 0 Å². The van der Waals surface area contributed by atoms with E-state index in [0.717, 1.165) is 0 Å². The van der Waals surface area contributed by atoms with Gasteiger partial charge in [-0.15, -0.1) is 0 Å². The first-order valence-corrected chi connectivity index (χ1v) is 5.26. The van der Waals surface area contributed by atoms with E-state index in [1.54, 1.807) is 30.3 Å². The molecule has 0 aliphatic heterocycles. The van der Waals surface area contributed by atoms with Crippen molar-refractivity contribution < 1.29 is 8.22 Å². The molecule has 0 radical (unpaired) electrons. The summed E-state index contributed by atoms with van der Waals surface area (Å²) in [6.45, 7) is -3.54. The lowest BCUT2D eigenvalue weighted by Crippen LogP contribution is -2.05. The summed E-state index contributed by atoms with van der Waals surface area (Å²) in [4.78, 5) is 0. The fourth-order valence-electron chi connectivity index (χ4n) is 0.726. The number of hydrogen-bond donors (Lipinski definition) is 0. The Morgan fingerprint density at radius 2 is 1.80 bits per heavy atom. The van der Waals surface area contributed by atoms with E-state index in [1.165, 1.54) is 6.66 Å². The first-order valence-electron chi connectivity index (χ1n) is 6.03. The average molecular weight is 159 g/mol. The van der Waals surface area contributed by atoms with Crippen molar-refractivity contribution in [3.05, 3.63) is 30.3 Å². The van der Waals surface area contributed by atoms with Gasteiger partial charge in [0.2, 0.25) is 0 Å². The Labute approximate surface area is 72.0 Å². The lowest BCUT2D eigenvalue weighted by atomic mass is 10.4. The molecule has 1 aromatic carbocycles. The molecule has 0 spiro atoms. The maximum atomic E-state index is 7.50. The summed E-state index contributed by atoms with van der Waals surface area (Å²) in [7, 11) is -3.19. The van der Waals surface area contributed by atoms with Crippen LogP contribution in [0.3, 0.4) is 0 Å². The summed E-state index contributed by atoms with van der Waals surface area (Å²) in [5, 5.41) is 0.426. The molecule has 0 bridgehead atoms. The zero-order chi connectivity index (χ0) is 12.6. The Hall–Kier alpha value is -0.350. The molecule has 0 saturated carbocycles. The van der Waals surface area contributed by atoms with Crippen molar-refractivity contribution in [2.45, 2.75) is 0 Å². The van der Waals surface area contributed by atoms with Gasteiger partial charge in [-0.3, -0.25) is 0 Å². The number of rotatable bonds is 1. The Kier molecular flexibility index (Phi) is 0.801. The van der Waals surface area contributed by atoms with Crippen LogP contribution in [0, 0.1) is 0 Å². The van der Waals surface area contributed by atoms with E-state index >= 15 is 0 Å². The Morgan fingerprint density at radius 3 is 2.30 bits per heavy atom. The molecule has 0 atom stereocenters. The average Bonchev–Trinajstić information content (AvgIpc) is 2.14. The van der Waals surface area contributed by atoms with Gasteiger partial charge in [0.15, 0.2) is 0 Å². The molecule has 0 heterocycles. The van der Waals surface area contributed by atoms with Crippen molar-refractivity contribution >= 4 is 12.6 Å². The summed E-state index contributed by atoms with van der Waals surface area (Å²) in [6.07, 6.45) is 0. The van der Waals surface area contributed by atoms with Gasteiger partial charge in [0.25, 0.3) is 0 Å². The first kappa shape index (κ1) is 2.95. The second kappa shape index (κ2) is 2.72. The summed E-state index contributed by atoms with van der Waals surface area (Å²) < 4.78 is 45.0. The first-order chi connectivity index (χ1) is 7.11. The lowest BCUT2D eigenvalue weighted by Gasteiger charge is -2.10. The van der Waals surface area contributed by atoms with Gasteiger partial charge in [-0.05, 0) is 12.1 Å². The van der Waals surface area contributed by atoms with Crippen molar-refractivity contribution in [2.75, 3.05) is 19.9 Å². The molecular weight excluding hydrogens is 139 g/mol. The zero-order valence-electron chi connectivity index (χ0n) is 11.8. The standard InChI is InChI=1S/C9H14P/c1-10(2,3)9-7-5-4-6-8-9/h4-8H,1-3H3/q+1/i1D3,2D3. The topological polar surface area (TPSA) is 0 Å². The third-order valence-corrected chi connectivity index (χ3v) is 2.60. The second-order valence-electron chi connectivity index (χ2n) is 2.34. The van der Waals surface area contributed by atoms with Gasteiger partial charge >= 0.3 is 0 Å². The van der Waals surface area contributed by atoms with Gasteiger partial charge in [0, 0.05) is 7.26 Å². The molecule has 1 aromatic rings. The van der Waals surface area contributed by atoms with Crippen LogP contribution in [0.5, 0.6) is 0 Å². The van der Waals surface area contributed by atoms with Crippen LogP contribution in [-0.4, -0.2) is 19.9 Å². The quantitative estimate of drug-likeness (QED) is 0.551. The third-order valence-electron chi connectivity index (χ3n) is 1.27. The van der Waals surface area contributed by atoms with E-state index in [9.17, 15) is 0 Å². The molecule has 1 heteroatoms. The summed E-state index contributed by atoms with van der Waals surface area (Å²) in [5.74, 6) is 0. The van der Waals surface area contributed by atoms with Gasteiger partial charge < -0.3 is 0 Å². The SMILES string of the molecule is [2H]C([2H])([2H])[P+](C)(c1ccccc1)C([2H])([2H])[2H]. The van der Waals surface area contributed by atoms with Gasteiger partial charge in [0.05, 0.1) is 33.4 Å². The van der Waals surface area contributed by atoms with E-state index in [0.29, 0.717) is 5.30 Å². The molecular formula is C9H14P+. The second-order valence-corrected chi connectivity index (χ2v) is 4.87. The predicted octanol–water partition coefficient (Wildman–Crippen LogP) is 2.22. The minimum Gasteiger partial charge on any atom is -0.0620 e. The third kappa shape index (κ3) is 1.82. The molecule has 1 rings (SSSR count). The maximum Gasteiger partial charge on any atom is 0.0930 e. The lowest BCUT2D eigenvalue weighted by molar-refractivity contribution is 1.75. The Balaban J connectivity index is 3.39. The number of benzene rings is 1. The van der Waals surface area contributed by atoms with Crippen LogP contribution in [0.25, 0.3) is 0 Å². The van der Waals surface area contributed by atoms with E-state index < -0.39 is 20.4 Å². The minimum atomic E-state index is -3.19. The van der Waals surface area contributed by atoms with Crippen LogP contribution in [0.15, 0.2) is 30.3 Å². The Bertz CT molecular complexity index is 339. The van der Waals surface area contributed by atoms with Crippen LogP contribution in [-0.2, 0) is 0 Å². The Morgan fingerprint density at radius 1 is 1.20 bits per heavy atom. The van der Waals surface area contributed by atoms with E-state index in [4.69, 9.17) is 8.22 Å². The van der Waals surface area contributed by atoms with Crippen LogP contribution in [0.2, 0.25) is 0 Å². The molecule has 54 valence electrons.